The molecule has 7 nitrogen and oxygen atoms in total. The molecule has 3 amide bonds. The van der Waals surface area contributed by atoms with Gasteiger partial charge < -0.3 is 19.9 Å². The monoisotopic (exact) mass is 367 g/mol. The number of esters is 1. The molecular weight excluding hydrogens is 334 g/mol. The molecule has 2 fully saturated rings. The molecule has 1 saturated heterocycles. The normalized spacial score (nSPS) is 24.6. The number of hydrogen-bond acceptors (Lipinski definition) is 4. The lowest BCUT2D eigenvalue weighted by Gasteiger charge is -2.34. The third-order valence-corrected chi connectivity index (χ3v) is 5.39. The molecule has 2 atom stereocenters. The van der Waals surface area contributed by atoms with Gasteiger partial charge in [0.15, 0.2) is 0 Å². The molecule has 0 spiro atoms. The lowest BCUT2D eigenvalue weighted by molar-refractivity contribution is -0.142. The molecule has 0 radical (unpaired) electrons. The van der Waals surface area contributed by atoms with Gasteiger partial charge in [-0.15, -0.1) is 0 Å². The van der Waals surface area contributed by atoms with Crippen LogP contribution in [0, 0.1) is 5.92 Å². The van der Waals surface area contributed by atoms with E-state index in [9.17, 15) is 14.4 Å². The van der Waals surface area contributed by atoms with Crippen molar-refractivity contribution in [3.8, 4) is 0 Å². The minimum absolute atomic E-state index is 0.0364. The highest BCUT2D eigenvalue weighted by Gasteiger charge is 2.39. The Kier molecular flexibility index (Phi) is 8.19. The van der Waals surface area contributed by atoms with E-state index in [1.54, 1.807) is 6.92 Å². The smallest absolute Gasteiger partial charge is 0.317 e. The maximum atomic E-state index is 12.8. The Balaban J connectivity index is 2.01. The highest BCUT2D eigenvalue weighted by atomic mass is 16.5. The summed E-state index contributed by atoms with van der Waals surface area (Å²) in [6.45, 7) is 3.84. The number of rotatable bonds is 4. The molecule has 1 heterocycles. The van der Waals surface area contributed by atoms with Crippen molar-refractivity contribution < 1.29 is 19.1 Å². The summed E-state index contributed by atoms with van der Waals surface area (Å²) in [4.78, 5) is 40.7. The molecule has 148 valence electrons. The van der Waals surface area contributed by atoms with Crippen molar-refractivity contribution >= 4 is 17.9 Å². The van der Waals surface area contributed by atoms with Crippen LogP contribution in [-0.2, 0) is 14.3 Å². The summed E-state index contributed by atoms with van der Waals surface area (Å²) in [6, 6.07) is -0.202. The van der Waals surface area contributed by atoms with Crippen LogP contribution in [0.2, 0.25) is 0 Å². The number of nitrogens with one attached hydrogen (secondary N) is 1. The zero-order valence-corrected chi connectivity index (χ0v) is 16.2. The highest BCUT2D eigenvalue weighted by molar-refractivity contribution is 5.81. The van der Waals surface area contributed by atoms with Crippen LogP contribution in [0.4, 0.5) is 4.79 Å². The van der Waals surface area contributed by atoms with Gasteiger partial charge in [0.25, 0.3) is 0 Å². The van der Waals surface area contributed by atoms with Gasteiger partial charge in [-0.3, -0.25) is 9.59 Å². The fourth-order valence-corrected chi connectivity index (χ4v) is 4.00. The van der Waals surface area contributed by atoms with Gasteiger partial charge in [0.1, 0.15) is 0 Å². The number of amides is 3. The van der Waals surface area contributed by atoms with Gasteiger partial charge in [0.2, 0.25) is 5.91 Å². The van der Waals surface area contributed by atoms with Crippen LogP contribution in [0.25, 0.3) is 0 Å². The molecule has 0 unspecified atom stereocenters. The SMILES string of the molecule is CCOC(=O)CCNC(=O)N1CCCCCCN(C)C(=O)[C@@H]2CCC[C@@H]21. The summed E-state index contributed by atoms with van der Waals surface area (Å²) in [7, 11) is 1.87. The number of hydrogen-bond donors (Lipinski definition) is 1. The van der Waals surface area contributed by atoms with Crippen molar-refractivity contribution in [1.29, 1.82) is 0 Å². The molecule has 26 heavy (non-hydrogen) atoms. The average Bonchev–Trinajstić information content (AvgIpc) is 3.08. The quantitative estimate of drug-likeness (QED) is 0.772. The van der Waals surface area contributed by atoms with Gasteiger partial charge in [0.05, 0.1) is 18.9 Å². The highest BCUT2D eigenvalue weighted by Crippen LogP contribution is 2.32. The zero-order chi connectivity index (χ0) is 18.9. The van der Waals surface area contributed by atoms with E-state index in [2.05, 4.69) is 5.32 Å². The second kappa shape index (κ2) is 10.4. The van der Waals surface area contributed by atoms with Crippen molar-refractivity contribution in [3.63, 3.8) is 0 Å². The molecule has 0 bridgehead atoms. The number of nitrogens with zero attached hydrogens (tertiary/aromatic N) is 2. The lowest BCUT2D eigenvalue weighted by atomic mass is 10.00. The molecule has 1 N–H and O–H groups in total. The molecule has 2 aliphatic rings. The minimum atomic E-state index is -0.305. The maximum Gasteiger partial charge on any atom is 0.317 e. The van der Waals surface area contributed by atoms with E-state index < -0.39 is 0 Å². The molecule has 7 heteroatoms. The number of carbonyl (C=O) groups is 3. The van der Waals surface area contributed by atoms with E-state index in [-0.39, 0.29) is 42.8 Å². The fraction of sp³-hybridized carbons (Fsp3) is 0.842. The first-order valence-corrected chi connectivity index (χ1v) is 9.99. The van der Waals surface area contributed by atoms with Gasteiger partial charge in [-0.25, -0.2) is 4.79 Å². The molecule has 2 rings (SSSR count). The first-order valence-electron chi connectivity index (χ1n) is 9.99. The van der Waals surface area contributed by atoms with E-state index in [4.69, 9.17) is 4.74 Å². The first kappa shape index (κ1) is 20.5. The molecule has 1 aliphatic carbocycles. The topological polar surface area (TPSA) is 79.0 Å². The summed E-state index contributed by atoms with van der Waals surface area (Å²) in [5.41, 5.74) is 0. The Morgan fingerprint density at radius 3 is 2.58 bits per heavy atom. The lowest BCUT2D eigenvalue weighted by Crippen LogP contribution is -2.51. The number of urea groups is 1. The summed E-state index contributed by atoms with van der Waals surface area (Å²) < 4.78 is 4.89. The predicted octanol–water partition coefficient (Wildman–Crippen LogP) is 2.15. The van der Waals surface area contributed by atoms with Crippen molar-refractivity contribution in [2.45, 2.75) is 64.3 Å². The summed E-state index contributed by atoms with van der Waals surface area (Å²) in [5.74, 6) is -0.242. The van der Waals surface area contributed by atoms with Crippen LogP contribution in [0.1, 0.15) is 58.3 Å². The zero-order valence-electron chi connectivity index (χ0n) is 16.2. The largest absolute Gasteiger partial charge is 0.466 e. The predicted molar refractivity (Wildman–Crippen MR) is 98.6 cm³/mol. The maximum absolute atomic E-state index is 12.8. The molecule has 1 aliphatic heterocycles. The standard InChI is InChI=1S/C19H33N3O4/c1-3-26-17(23)11-12-20-19(25)22-14-7-5-4-6-13-21(2)18(24)15-9-8-10-16(15)22/h15-16H,3-14H2,1-2H3,(H,20,25)/t15-,16+/m1/s1. The van der Waals surface area contributed by atoms with Gasteiger partial charge >= 0.3 is 12.0 Å². The third-order valence-electron chi connectivity index (χ3n) is 5.39. The first-order chi connectivity index (χ1) is 12.5. The second-order valence-electron chi connectivity index (χ2n) is 7.26. The minimum Gasteiger partial charge on any atom is -0.466 e. The van der Waals surface area contributed by atoms with Crippen molar-refractivity contribution in [1.82, 2.24) is 15.1 Å². The Bertz CT molecular complexity index is 497. The van der Waals surface area contributed by atoms with Crippen LogP contribution in [0.3, 0.4) is 0 Å². The Hall–Kier alpha value is -1.79. The van der Waals surface area contributed by atoms with Crippen molar-refractivity contribution in [2.24, 2.45) is 5.92 Å². The molecule has 0 aromatic carbocycles. The summed E-state index contributed by atoms with van der Waals surface area (Å²) in [6.07, 6.45) is 6.97. The molecule has 0 aromatic heterocycles. The van der Waals surface area contributed by atoms with E-state index in [1.165, 1.54) is 0 Å². The molecular formula is C19H33N3O4. The molecule has 1 saturated carbocycles. The van der Waals surface area contributed by atoms with Crippen LogP contribution >= 0.6 is 0 Å². The Morgan fingerprint density at radius 1 is 1.12 bits per heavy atom. The van der Waals surface area contributed by atoms with E-state index >= 15 is 0 Å². The van der Waals surface area contributed by atoms with Gasteiger partial charge in [-0.1, -0.05) is 19.3 Å². The number of fused-ring (bicyclic) bond motifs is 1. The fourth-order valence-electron chi connectivity index (χ4n) is 4.00. The summed E-state index contributed by atoms with van der Waals surface area (Å²) >= 11 is 0. The van der Waals surface area contributed by atoms with Gasteiger partial charge in [-0.2, -0.15) is 0 Å². The van der Waals surface area contributed by atoms with Gasteiger partial charge in [-0.05, 0) is 32.6 Å². The number of carbonyl (C=O) groups excluding carboxylic acids is 3. The second-order valence-corrected chi connectivity index (χ2v) is 7.26. The number of ether oxygens (including phenoxy) is 1. The Morgan fingerprint density at radius 2 is 1.85 bits per heavy atom. The van der Waals surface area contributed by atoms with E-state index in [0.717, 1.165) is 51.5 Å². The van der Waals surface area contributed by atoms with Crippen LogP contribution < -0.4 is 5.32 Å². The van der Waals surface area contributed by atoms with Crippen molar-refractivity contribution in [3.05, 3.63) is 0 Å². The van der Waals surface area contributed by atoms with E-state index in [0.29, 0.717) is 13.2 Å². The third kappa shape index (κ3) is 5.61. The van der Waals surface area contributed by atoms with Crippen molar-refractivity contribution in [2.75, 3.05) is 33.3 Å². The summed E-state index contributed by atoms with van der Waals surface area (Å²) in [5, 5.41) is 2.84. The van der Waals surface area contributed by atoms with Crippen LogP contribution in [0.15, 0.2) is 0 Å². The Labute approximate surface area is 156 Å². The van der Waals surface area contributed by atoms with E-state index in [1.807, 2.05) is 16.8 Å². The molecule has 0 aromatic rings. The van der Waals surface area contributed by atoms with Gasteiger partial charge in [0, 0.05) is 32.7 Å². The van der Waals surface area contributed by atoms with Crippen LogP contribution in [0.5, 0.6) is 0 Å². The van der Waals surface area contributed by atoms with Crippen LogP contribution in [-0.4, -0.2) is 67.0 Å². The average molecular weight is 367 g/mol.